The lowest BCUT2D eigenvalue weighted by atomic mass is 10.1. The monoisotopic (exact) mass is 320 g/mol. The zero-order chi connectivity index (χ0) is 15.3. The van der Waals surface area contributed by atoms with E-state index in [4.69, 9.17) is 0 Å². The Balaban J connectivity index is 2.06. The number of anilines is 1. The van der Waals surface area contributed by atoms with E-state index in [-0.39, 0.29) is 6.54 Å². The SMILES string of the molecule is CN(C)c1ccccc1C#CCNS(=O)(=O)c1cccs1. The molecule has 0 unspecified atom stereocenters. The molecule has 6 heteroatoms. The summed E-state index contributed by atoms with van der Waals surface area (Å²) in [5.41, 5.74) is 1.88. The van der Waals surface area contributed by atoms with Crippen molar-refractivity contribution in [3.63, 3.8) is 0 Å². The summed E-state index contributed by atoms with van der Waals surface area (Å²) in [6.45, 7) is 0.0853. The fraction of sp³-hybridized carbons (Fsp3) is 0.200. The van der Waals surface area contributed by atoms with Gasteiger partial charge in [-0.05, 0) is 23.6 Å². The molecule has 0 fully saturated rings. The Labute approximate surface area is 129 Å². The standard InChI is InChI=1S/C15H16N2O2S2/c1-17(2)14-9-4-3-7-13(14)8-5-11-16-21(18,19)15-10-6-12-20-15/h3-4,6-7,9-10,12,16H,11H2,1-2H3. The topological polar surface area (TPSA) is 49.4 Å². The average molecular weight is 320 g/mol. The molecule has 0 aliphatic rings. The van der Waals surface area contributed by atoms with Crippen LogP contribution >= 0.6 is 11.3 Å². The van der Waals surface area contributed by atoms with Crippen LogP contribution in [0.1, 0.15) is 5.56 Å². The van der Waals surface area contributed by atoms with E-state index in [1.165, 1.54) is 11.3 Å². The van der Waals surface area contributed by atoms with Crippen LogP contribution in [-0.2, 0) is 10.0 Å². The smallest absolute Gasteiger partial charge is 0.250 e. The molecule has 0 atom stereocenters. The maximum Gasteiger partial charge on any atom is 0.250 e. The zero-order valence-electron chi connectivity index (χ0n) is 11.8. The molecule has 2 aromatic rings. The Hall–Kier alpha value is -1.81. The fourth-order valence-electron chi connectivity index (χ4n) is 1.73. The van der Waals surface area contributed by atoms with Crippen molar-refractivity contribution in [1.82, 2.24) is 4.72 Å². The highest BCUT2D eigenvalue weighted by molar-refractivity contribution is 7.91. The first-order valence-electron chi connectivity index (χ1n) is 6.29. The summed E-state index contributed by atoms with van der Waals surface area (Å²) in [7, 11) is 0.447. The van der Waals surface area contributed by atoms with Gasteiger partial charge in [0.05, 0.1) is 12.2 Å². The first-order valence-corrected chi connectivity index (χ1v) is 8.65. The van der Waals surface area contributed by atoms with Crippen LogP contribution in [0.4, 0.5) is 5.69 Å². The summed E-state index contributed by atoms with van der Waals surface area (Å²) < 4.78 is 26.6. The average Bonchev–Trinajstić information content (AvgIpc) is 2.99. The number of sulfonamides is 1. The molecule has 110 valence electrons. The number of benzene rings is 1. The Kier molecular flexibility index (Phi) is 5.02. The minimum Gasteiger partial charge on any atom is -0.377 e. The van der Waals surface area contributed by atoms with Gasteiger partial charge in [-0.15, -0.1) is 11.3 Å². The van der Waals surface area contributed by atoms with E-state index in [1.807, 2.05) is 43.3 Å². The Morgan fingerprint density at radius 3 is 2.62 bits per heavy atom. The highest BCUT2D eigenvalue weighted by Gasteiger charge is 2.13. The normalized spacial score (nSPS) is 10.8. The van der Waals surface area contributed by atoms with Crippen molar-refractivity contribution < 1.29 is 8.42 Å². The first-order chi connectivity index (χ1) is 10.0. The lowest BCUT2D eigenvalue weighted by Gasteiger charge is -2.13. The number of thiophene rings is 1. The molecule has 1 aromatic carbocycles. The number of para-hydroxylation sites is 1. The van der Waals surface area contributed by atoms with Crippen LogP contribution in [0.25, 0.3) is 0 Å². The van der Waals surface area contributed by atoms with E-state index in [9.17, 15) is 8.42 Å². The number of nitrogens with zero attached hydrogens (tertiary/aromatic N) is 1. The second kappa shape index (κ2) is 6.76. The van der Waals surface area contributed by atoms with E-state index < -0.39 is 10.0 Å². The van der Waals surface area contributed by atoms with Crippen molar-refractivity contribution in [1.29, 1.82) is 0 Å². The molecule has 0 amide bonds. The maximum atomic E-state index is 11.9. The predicted molar refractivity (Wildman–Crippen MR) is 87.2 cm³/mol. The lowest BCUT2D eigenvalue weighted by molar-refractivity contribution is 0.588. The van der Waals surface area contributed by atoms with E-state index >= 15 is 0 Å². The number of nitrogens with one attached hydrogen (secondary N) is 1. The van der Waals surface area contributed by atoms with Gasteiger partial charge >= 0.3 is 0 Å². The van der Waals surface area contributed by atoms with Crippen LogP contribution in [0, 0.1) is 11.8 Å². The van der Waals surface area contributed by atoms with Crippen molar-refractivity contribution in [3.05, 3.63) is 47.3 Å². The van der Waals surface area contributed by atoms with Crippen LogP contribution < -0.4 is 9.62 Å². The van der Waals surface area contributed by atoms with Crippen LogP contribution in [0.15, 0.2) is 46.0 Å². The van der Waals surface area contributed by atoms with Crippen LogP contribution in [0.5, 0.6) is 0 Å². The molecule has 0 saturated heterocycles. The number of rotatable bonds is 4. The summed E-state index contributed by atoms with van der Waals surface area (Å²) in [4.78, 5) is 1.97. The van der Waals surface area contributed by atoms with Crippen LogP contribution in [0.2, 0.25) is 0 Å². The quantitative estimate of drug-likeness (QED) is 0.878. The van der Waals surface area contributed by atoms with Gasteiger partial charge in [-0.2, -0.15) is 4.72 Å². The third-order valence-corrected chi connectivity index (χ3v) is 5.52. The van der Waals surface area contributed by atoms with E-state index in [0.29, 0.717) is 4.21 Å². The van der Waals surface area contributed by atoms with E-state index in [2.05, 4.69) is 16.6 Å². The summed E-state index contributed by atoms with van der Waals surface area (Å²) in [5, 5.41) is 1.73. The summed E-state index contributed by atoms with van der Waals surface area (Å²) in [6.07, 6.45) is 0. The maximum absolute atomic E-state index is 11.9. The molecule has 21 heavy (non-hydrogen) atoms. The molecule has 0 saturated carbocycles. The molecule has 0 bridgehead atoms. The van der Waals surface area contributed by atoms with Gasteiger partial charge in [-0.1, -0.05) is 30.0 Å². The number of hydrogen-bond acceptors (Lipinski definition) is 4. The first kappa shape index (κ1) is 15.6. The molecule has 1 aromatic heterocycles. The van der Waals surface area contributed by atoms with E-state index in [1.54, 1.807) is 17.5 Å². The molecular formula is C15H16N2O2S2. The van der Waals surface area contributed by atoms with Crippen molar-refractivity contribution in [2.75, 3.05) is 25.5 Å². The van der Waals surface area contributed by atoms with Gasteiger partial charge in [-0.3, -0.25) is 0 Å². The Morgan fingerprint density at radius 2 is 1.95 bits per heavy atom. The molecule has 0 aliphatic carbocycles. The van der Waals surface area contributed by atoms with Gasteiger partial charge in [-0.25, -0.2) is 8.42 Å². The summed E-state index contributed by atoms with van der Waals surface area (Å²) in [5.74, 6) is 5.85. The van der Waals surface area contributed by atoms with Crippen molar-refractivity contribution in [2.45, 2.75) is 4.21 Å². The molecular weight excluding hydrogens is 304 g/mol. The van der Waals surface area contributed by atoms with E-state index in [0.717, 1.165) is 11.3 Å². The van der Waals surface area contributed by atoms with Crippen LogP contribution in [-0.4, -0.2) is 29.1 Å². The highest BCUT2D eigenvalue weighted by atomic mass is 32.2. The molecule has 1 heterocycles. The molecule has 1 N–H and O–H groups in total. The number of hydrogen-bond donors (Lipinski definition) is 1. The second-order valence-electron chi connectivity index (χ2n) is 4.47. The largest absolute Gasteiger partial charge is 0.377 e. The summed E-state index contributed by atoms with van der Waals surface area (Å²) in [6, 6.07) is 11.0. The highest BCUT2D eigenvalue weighted by Crippen LogP contribution is 2.16. The third-order valence-electron chi connectivity index (χ3n) is 2.72. The van der Waals surface area contributed by atoms with Gasteiger partial charge < -0.3 is 4.90 Å². The van der Waals surface area contributed by atoms with Crippen LogP contribution in [0.3, 0.4) is 0 Å². The molecule has 4 nitrogen and oxygen atoms in total. The molecule has 0 spiro atoms. The second-order valence-corrected chi connectivity index (χ2v) is 7.41. The fourth-order valence-corrected chi connectivity index (χ4v) is 3.69. The minimum absolute atomic E-state index is 0.0853. The third kappa shape index (κ3) is 4.08. The van der Waals surface area contributed by atoms with Gasteiger partial charge in [0, 0.05) is 19.7 Å². The predicted octanol–water partition coefficient (Wildman–Crippen LogP) is 2.14. The van der Waals surface area contributed by atoms with Gasteiger partial charge in [0.15, 0.2) is 0 Å². The molecule has 0 aliphatic heterocycles. The summed E-state index contributed by atoms with van der Waals surface area (Å²) >= 11 is 1.19. The van der Waals surface area contributed by atoms with Gasteiger partial charge in [0.2, 0.25) is 0 Å². The zero-order valence-corrected chi connectivity index (χ0v) is 13.5. The minimum atomic E-state index is -3.44. The Morgan fingerprint density at radius 1 is 1.19 bits per heavy atom. The molecule has 2 rings (SSSR count). The van der Waals surface area contributed by atoms with Gasteiger partial charge in [0.25, 0.3) is 10.0 Å². The van der Waals surface area contributed by atoms with Crippen molar-refractivity contribution in [2.24, 2.45) is 0 Å². The van der Waals surface area contributed by atoms with Gasteiger partial charge in [0.1, 0.15) is 4.21 Å². The van der Waals surface area contributed by atoms with Crippen molar-refractivity contribution in [3.8, 4) is 11.8 Å². The lowest BCUT2D eigenvalue weighted by Crippen LogP contribution is -2.23. The molecule has 0 radical (unpaired) electrons. The Bertz CT molecular complexity index is 754. The van der Waals surface area contributed by atoms with Crippen molar-refractivity contribution >= 4 is 27.0 Å².